The van der Waals surface area contributed by atoms with Crippen LogP contribution in [0.5, 0.6) is 0 Å². The Hall–Kier alpha value is -1.58. The molecule has 0 spiro atoms. The summed E-state index contributed by atoms with van der Waals surface area (Å²) in [5, 5.41) is 5.31. The minimum atomic E-state index is -0.00947. The van der Waals surface area contributed by atoms with Gasteiger partial charge < -0.3 is 0 Å². The summed E-state index contributed by atoms with van der Waals surface area (Å²) in [5.41, 5.74) is 1.44. The zero-order chi connectivity index (χ0) is 9.26. The average molecular weight is 170 g/mol. The first-order chi connectivity index (χ1) is 6.27. The largest absolute Gasteiger partial charge is 0.272 e. The fourth-order valence-corrected chi connectivity index (χ4v) is 1.18. The van der Waals surface area contributed by atoms with Gasteiger partial charge in [-0.25, -0.2) is 5.01 Å². The first-order valence-electron chi connectivity index (χ1n) is 3.98. The van der Waals surface area contributed by atoms with Crippen LogP contribution in [0.25, 0.3) is 0 Å². The van der Waals surface area contributed by atoms with Gasteiger partial charge in [-0.15, -0.1) is 0 Å². The van der Waals surface area contributed by atoms with Gasteiger partial charge in [0.15, 0.2) is 0 Å². The van der Waals surface area contributed by atoms with Gasteiger partial charge in [0.25, 0.3) is 5.91 Å². The maximum atomic E-state index is 11.2. The zero-order valence-electron chi connectivity index (χ0n) is 6.97. The lowest BCUT2D eigenvalue weighted by Gasteiger charge is -2.11. The fraction of sp³-hybridized carbons (Fsp3) is 0.111. The molecule has 3 nitrogen and oxygen atoms in total. The van der Waals surface area contributed by atoms with Crippen LogP contribution in [0, 0.1) is 0 Å². The summed E-state index contributed by atoms with van der Waals surface area (Å²) in [6.45, 7) is 0. The highest BCUT2D eigenvalue weighted by molar-refractivity contribution is 6.32. The Bertz CT molecular complexity index is 358. The third-order valence-electron chi connectivity index (χ3n) is 1.84. The van der Waals surface area contributed by atoms with Crippen LogP contribution in [0.15, 0.2) is 29.4 Å². The van der Waals surface area contributed by atoms with E-state index in [0.717, 1.165) is 5.69 Å². The summed E-state index contributed by atoms with van der Waals surface area (Å²) in [4.78, 5) is 11.2. The van der Waals surface area contributed by atoms with Gasteiger partial charge in [0.1, 0.15) is 7.85 Å². The molecular formula is C9H7BN2O. The molecule has 2 radical (unpaired) electrons. The van der Waals surface area contributed by atoms with Crippen LogP contribution in [0.2, 0.25) is 0 Å². The highest BCUT2D eigenvalue weighted by Gasteiger charge is 2.17. The molecule has 1 aliphatic rings. The quantitative estimate of drug-likeness (QED) is 0.554. The number of hydrogen-bond acceptors (Lipinski definition) is 2. The van der Waals surface area contributed by atoms with Crippen molar-refractivity contribution in [3.63, 3.8) is 0 Å². The molecule has 1 aromatic carbocycles. The van der Waals surface area contributed by atoms with Gasteiger partial charge in [-0.3, -0.25) is 4.79 Å². The molecule has 0 saturated heterocycles. The summed E-state index contributed by atoms with van der Waals surface area (Å²) < 4.78 is 0. The molecule has 1 amide bonds. The molecule has 0 N–H and O–H groups in total. The number of nitrogens with zero attached hydrogens (tertiary/aromatic N) is 2. The van der Waals surface area contributed by atoms with Crippen LogP contribution in [0.4, 0.5) is 5.69 Å². The van der Waals surface area contributed by atoms with Crippen molar-refractivity contribution in [3.05, 3.63) is 24.3 Å². The standard InChI is InChI=1S/C9H7BN2O/c10-7-1-3-8(4-2-7)12-9(13)5-6-11-12/h1-4,6H,5H2. The van der Waals surface area contributed by atoms with Crippen molar-refractivity contribution in [2.75, 3.05) is 5.01 Å². The van der Waals surface area contributed by atoms with E-state index in [1.165, 1.54) is 5.01 Å². The van der Waals surface area contributed by atoms with E-state index < -0.39 is 0 Å². The van der Waals surface area contributed by atoms with Crippen LogP contribution in [0.1, 0.15) is 6.42 Å². The van der Waals surface area contributed by atoms with Gasteiger partial charge >= 0.3 is 0 Å². The number of amides is 1. The maximum Gasteiger partial charge on any atom is 0.252 e. The van der Waals surface area contributed by atoms with Crippen molar-refractivity contribution < 1.29 is 4.79 Å². The van der Waals surface area contributed by atoms with Crippen LogP contribution in [-0.2, 0) is 4.79 Å². The van der Waals surface area contributed by atoms with E-state index in [-0.39, 0.29) is 5.91 Å². The Morgan fingerprint density at radius 1 is 1.31 bits per heavy atom. The SMILES string of the molecule is [B]c1ccc(N2N=CCC2=O)cc1. The maximum absolute atomic E-state index is 11.2. The van der Waals surface area contributed by atoms with Gasteiger partial charge in [-0.05, 0) is 12.1 Å². The molecule has 0 bridgehead atoms. The van der Waals surface area contributed by atoms with E-state index in [1.807, 2.05) is 0 Å². The third kappa shape index (κ3) is 1.47. The predicted octanol–water partition coefficient (Wildman–Crippen LogP) is 0.203. The molecule has 62 valence electrons. The van der Waals surface area contributed by atoms with Crippen molar-refractivity contribution in [2.45, 2.75) is 6.42 Å². The molecule has 0 atom stereocenters. The molecule has 1 heterocycles. The fourth-order valence-electron chi connectivity index (χ4n) is 1.18. The highest BCUT2D eigenvalue weighted by atomic mass is 16.2. The van der Waals surface area contributed by atoms with E-state index in [9.17, 15) is 4.79 Å². The Balaban J connectivity index is 2.30. The first kappa shape index (κ1) is 8.04. The second-order valence-corrected chi connectivity index (χ2v) is 2.80. The topological polar surface area (TPSA) is 32.7 Å². The highest BCUT2D eigenvalue weighted by Crippen LogP contribution is 2.16. The molecule has 0 aliphatic carbocycles. The molecule has 2 rings (SSSR count). The number of hydrogen-bond donors (Lipinski definition) is 0. The minimum absolute atomic E-state index is 0.00947. The van der Waals surface area contributed by atoms with E-state index in [4.69, 9.17) is 7.85 Å². The smallest absolute Gasteiger partial charge is 0.252 e. The van der Waals surface area contributed by atoms with E-state index in [0.29, 0.717) is 11.9 Å². The average Bonchev–Trinajstić information content (AvgIpc) is 2.53. The van der Waals surface area contributed by atoms with Gasteiger partial charge in [-0.2, -0.15) is 5.10 Å². The summed E-state index contributed by atoms with van der Waals surface area (Å²) in [5.74, 6) is -0.00947. The van der Waals surface area contributed by atoms with Crippen LogP contribution in [-0.4, -0.2) is 20.0 Å². The van der Waals surface area contributed by atoms with Crippen LogP contribution >= 0.6 is 0 Å². The molecule has 0 saturated carbocycles. The molecule has 1 aliphatic heterocycles. The summed E-state index contributed by atoms with van der Waals surface area (Å²) in [6, 6.07) is 7.04. The molecular weight excluding hydrogens is 163 g/mol. The first-order valence-corrected chi connectivity index (χ1v) is 3.98. The lowest BCUT2D eigenvalue weighted by atomic mass is 9.96. The number of benzene rings is 1. The van der Waals surface area contributed by atoms with Crippen molar-refractivity contribution in [3.8, 4) is 0 Å². The monoisotopic (exact) mass is 170 g/mol. The van der Waals surface area contributed by atoms with Crippen molar-refractivity contribution in [2.24, 2.45) is 5.10 Å². The number of hydrazone groups is 1. The molecule has 13 heavy (non-hydrogen) atoms. The normalized spacial score (nSPS) is 15.4. The second-order valence-electron chi connectivity index (χ2n) is 2.80. The lowest BCUT2D eigenvalue weighted by Crippen LogP contribution is -2.19. The van der Waals surface area contributed by atoms with Crippen molar-refractivity contribution in [1.29, 1.82) is 0 Å². The zero-order valence-corrected chi connectivity index (χ0v) is 6.97. The third-order valence-corrected chi connectivity index (χ3v) is 1.84. The summed E-state index contributed by atoms with van der Waals surface area (Å²) in [6.07, 6.45) is 1.98. The predicted molar refractivity (Wildman–Crippen MR) is 52.4 cm³/mol. The van der Waals surface area contributed by atoms with Gasteiger partial charge in [0.05, 0.1) is 12.1 Å². The van der Waals surface area contributed by atoms with Crippen molar-refractivity contribution >= 4 is 31.1 Å². The number of carbonyl (C=O) groups excluding carboxylic acids is 1. The molecule has 0 fully saturated rings. The molecule has 0 aromatic heterocycles. The van der Waals surface area contributed by atoms with Gasteiger partial charge in [0.2, 0.25) is 0 Å². The number of carbonyl (C=O) groups is 1. The van der Waals surface area contributed by atoms with Crippen LogP contribution in [0.3, 0.4) is 0 Å². The minimum Gasteiger partial charge on any atom is -0.272 e. The van der Waals surface area contributed by atoms with Crippen LogP contribution < -0.4 is 10.5 Å². The summed E-state index contributed by atoms with van der Waals surface area (Å²) >= 11 is 0. The molecule has 4 heteroatoms. The molecule has 0 unspecified atom stereocenters. The Kier molecular flexibility index (Phi) is 1.89. The Morgan fingerprint density at radius 3 is 2.54 bits per heavy atom. The summed E-state index contributed by atoms with van der Waals surface area (Å²) in [7, 11) is 5.52. The van der Waals surface area contributed by atoms with Gasteiger partial charge in [0, 0.05) is 6.21 Å². The van der Waals surface area contributed by atoms with E-state index in [1.54, 1.807) is 30.5 Å². The van der Waals surface area contributed by atoms with Crippen molar-refractivity contribution in [1.82, 2.24) is 0 Å². The second kappa shape index (κ2) is 3.05. The Morgan fingerprint density at radius 2 is 2.00 bits per heavy atom. The van der Waals surface area contributed by atoms with E-state index in [2.05, 4.69) is 5.10 Å². The van der Waals surface area contributed by atoms with Gasteiger partial charge in [-0.1, -0.05) is 17.6 Å². The Labute approximate surface area is 77.5 Å². The lowest BCUT2D eigenvalue weighted by molar-refractivity contribution is -0.116. The van der Waals surface area contributed by atoms with E-state index >= 15 is 0 Å². The number of rotatable bonds is 1. The number of anilines is 1. The molecule has 1 aromatic rings.